The number of anilines is 1. The van der Waals surface area contributed by atoms with Crippen LogP contribution in [0.3, 0.4) is 0 Å². The van der Waals surface area contributed by atoms with E-state index in [1.807, 2.05) is 18.2 Å². The third-order valence-corrected chi connectivity index (χ3v) is 3.64. The van der Waals surface area contributed by atoms with Crippen LogP contribution in [0.1, 0.15) is 22.3 Å². The van der Waals surface area contributed by atoms with Crippen molar-refractivity contribution in [3.63, 3.8) is 0 Å². The number of nitrogens with zero attached hydrogens (tertiary/aromatic N) is 2. The summed E-state index contributed by atoms with van der Waals surface area (Å²) in [6, 6.07) is 8.61. The Labute approximate surface area is 122 Å². The zero-order valence-electron chi connectivity index (χ0n) is 11.7. The van der Waals surface area contributed by atoms with Crippen LogP contribution in [-0.2, 0) is 6.42 Å². The number of pyridine rings is 1. The van der Waals surface area contributed by atoms with Crippen LogP contribution in [0.5, 0.6) is 5.75 Å². The van der Waals surface area contributed by atoms with Gasteiger partial charge < -0.3 is 9.64 Å². The maximum atomic E-state index is 13.7. The van der Waals surface area contributed by atoms with Crippen LogP contribution in [0.4, 0.5) is 10.1 Å². The Morgan fingerprint density at radius 3 is 3.00 bits per heavy atom. The number of hydrogen-bond acceptors (Lipinski definition) is 3. The molecule has 1 aliphatic rings. The van der Waals surface area contributed by atoms with Gasteiger partial charge in [-0.25, -0.2) is 4.98 Å². The van der Waals surface area contributed by atoms with E-state index in [4.69, 9.17) is 4.74 Å². The van der Waals surface area contributed by atoms with Crippen molar-refractivity contribution in [2.45, 2.75) is 12.8 Å². The minimum absolute atomic E-state index is 0.00108. The zero-order chi connectivity index (χ0) is 14.8. The second-order valence-electron chi connectivity index (χ2n) is 4.90. The summed E-state index contributed by atoms with van der Waals surface area (Å²) in [6.07, 6.45) is 3.06. The molecule has 5 heteroatoms. The third kappa shape index (κ3) is 2.46. The van der Waals surface area contributed by atoms with Crippen molar-refractivity contribution in [1.82, 2.24) is 4.98 Å². The Morgan fingerprint density at radius 1 is 1.38 bits per heavy atom. The maximum Gasteiger partial charge on any atom is 0.262 e. The number of carbonyl (C=O) groups excluding carboxylic acids is 1. The molecule has 108 valence electrons. The topological polar surface area (TPSA) is 42.4 Å². The molecule has 4 nitrogen and oxygen atoms in total. The van der Waals surface area contributed by atoms with E-state index in [0.29, 0.717) is 6.54 Å². The molecule has 0 N–H and O–H groups in total. The summed E-state index contributed by atoms with van der Waals surface area (Å²) >= 11 is 0. The summed E-state index contributed by atoms with van der Waals surface area (Å²) in [5, 5.41) is 0. The molecule has 0 spiro atoms. The smallest absolute Gasteiger partial charge is 0.262 e. The molecule has 0 radical (unpaired) electrons. The number of carbonyl (C=O) groups is 1. The van der Waals surface area contributed by atoms with Gasteiger partial charge in [0.2, 0.25) is 5.95 Å². The minimum Gasteiger partial charge on any atom is -0.497 e. The van der Waals surface area contributed by atoms with Crippen molar-refractivity contribution in [2.75, 3.05) is 18.6 Å². The Bertz CT molecular complexity index is 688. The van der Waals surface area contributed by atoms with E-state index in [0.717, 1.165) is 29.8 Å². The highest BCUT2D eigenvalue weighted by atomic mass is 19.1. The molecule has 2 heterocycles. The van der Waals surface area contributed by atoms with Gasteiger partial charge in [-0.15, -0.1) is 0 Å². The molecule has 0 atom stereocenters. The van der Waals surface area contributed by atoms with Gasteiger partial charge in [-0.05, 0) is 48.7 Å². The normalized spacial score (nSPS) is 13.7. The molecule has 0 bridgehead atoms. The monoisotopic (exact) mass is 286 g/mol. The number of hydrogen-bond donors (Lipinski definition) is 0. The van der Waals surface area contributed by atoms with Crippen LogP contribution in [0.2, 0.25) is 0 Å². The van der Waals surface area contributed by atoms with Gasteiger partial charge in [0.1, 0.15) is 5.75 Å². The van der Waals surface area contributed by atoms with E-state index >= 15 is 0 Å². The van der Waals surface area contributed by atoms with Crippen molar-refractivity contribution < 1.29 is 13.9 Å². The quantitative estimate of drug-likeness (QED) is 0.797. The second-order valence-corrected chi connectivity index (χ2v) is 4.90. The average molecular weight is 286 g/mol. The average Bonchev–Trinajstić information content (AvgIpc) is 2.53. The molecule has 1 amide bonds. The van der Waals surface area contributed by atoms with Crippen LogP contribution in [0, 0.1) is 5.95 Å². The van der Waals surface area contributed by atoms with Crippen LogP contribution >= 0.6 is 0 Å². The number of halogens is 1. The molecule has 0 saturated carbocycles. The molecule has 0 aliphatic carbocycles. The summed E-state index contributed by atoms with van der Waals surface area (Å²) in [7, 11) is 1.61. The summed E-state index contributed by atoms with van der Waals surface area (Å²) in [5.41, 5.74) is 1.86. The van der Waals surface area contributed by atoms with E-state index in [-0.39, 0.29) is 11.5 Å². The lowest BCUT2D eigenvalue weighted by molar-refractivity contribution is 0.0980. The molecule has 2 aromatic rings. The molecule has 0 fully saturated rings. The Morgan fingerprint density at radius 2 is 2.24 bits per heavy atom. The van der Waals surface area contributed by atoms with Gasteiger partial charge >= 0.3 is 0 Å². The summed E-state index contributed by atoms with van der Waals surface area (Å²) < 4.78 is 18.9. The van der Waals surface area contributed by atoms with E-state index in [1.165, 1.54) is 12.3 Å². The highest BCUT2D eigenvalue weighted by molar-refractivity contribution is 6.06. The highest BCUT2D eigenvalue weighted by Crippen LogP contribution is 2.31. The lowest BCUT2D eigenvalue weighted by atomic mass is 10.0. The first-order chi connectivity index (χ1) is 10.2. The zero-order valence-corrected chi connectivity index (χ0v) is 11.7. The number of benzene rings is 1. The minimum atomic E-state index is -0.733. The lowest BCUT2D eigenvalue weighted by Gasteiger charge is -2.29. The van der Waals surface area contributed by atoms with Gasteiger partial charge in [0.05, 0.1) is 12.7 Å². The van der Waals surface area contributed by atoms with E-state index in [2.05, 4.69) is 4.98 Å². The van der Waals surface area contributed by atoms with E-state index < -0.39 is 5.95 Å². The molecule has 3 rings (SSSR count). The molecule has 1 aromatic heterocycles. The highest BCUT2D eigenvalue weighted by Gasteiger charge is 2.26. The fourth-order valence-corrected chi connectivity index (χ4v) is 2.60. The fraction of sp³-hybridized carbons (Fsp3) is 0.250. The van der Waals surface area contributed by atoms with Gasteiger partial charge in [-0.1, -0.05) is 0 Å². The molecule has 21 heavy (non-hydrogen) atoms. The SMILES string of the molecule is COc1ccc2c(c1)CCCN2C(=O)c1cccnc1F. The standard InChI is InChI=1S/C16H15FN2O2/c1-21-12-6-7-14-11(10-12)4-3-9-19(14)16(20)13-5-2-8-18-15(13)17/h2,5-8,10H,3-4,9H2,1H3. The largest absolute Gasteiger partial charge is 0.497 e. The summed E-state index contributed by atoms with van der Waals surface area (Å²) in [4.78, 5) is 17.7. The first-order valence-electron chi connectivity index (χ1n) is 6.80. The lowest BCUT2D eigenvalue weighted by Crippen LogP contribution is -2.36. The summed E-state index contributed by atoms with van der Waals surface area (Å²) in [6.45, 7) is 0.576. The second kappa shape index (κ2) is 5.52. The predicted octanol–water partition coefficient (Wildman–Crippen LogP) is 2.82. The maximum absolute atomic E-state index is 13.7. The van der Waals surface area contributed by atoms with Crippen molar-refractivity contribution >= 4 is 11.6 Å². The molecule has 1 aliphatic heterocycles. The van der Waals surface area contributed by atoms with Crippen LogP contribution in [0.15, 0.2) is 36.5 Å². The van der Waals surface area contributed by atoms with Gasteiger partial charge in [0, 0.05) is 18.4 Å². The molecule has 1 aromatic carbocycles. The predicted molar refractivity (Wildman–Crippen MR) is 77.2 cm³/mol. The van der Waals surface area contributed by atoms with E-state index in [1.54, 1.807) is 18.1 Å². The Balaban J connectivity index is 1.99. The molecule has 0 saturated heterocycles. The van der Waals surface area contributed by atoms with Crippen LogP contribution < -0.4 is 9.64 Å². The van der Waals surface area contributed by atoms with Crippen LogP contribution in [-0.4, -0.2) is 24.5 Å². The Kier molecular flexibility index (Phi) is 3.56. The fourth-order valence-electron chi connectivity index (χ4n) is 2.60. The van der Waals surface area contributed by atoms with Gasteiger partial charge in [0.25, 0.3) is 5.91 Å². The Hall–Kier alpha value is -2.43. The molecular weight excluding hydrogens is 271 g/mol. The van der Waals surface area contributed by atoms with Gasteiger partial charge in [-0.2, -0.15) is 4.39 Å². The van der Waals surface area contributed by atoms with Gasteiger partial charge in [-0.3, -0.25) is 4.79 Å². The number of ether oxygens (including phenoxy) is 1. The van der Waals surface area contributed by atoms with E-state index in [9.17, 15) is 9.18 Å². The van der Waals surface area contributed by atoms with Crippen molar-refractivity contribution in [3.8, 4) is 5.75 Å². The number of aromatic nitrogens is 1. The molecule has 0 unspecified atom stereocenters. The van der Waals surface area contributed by atoms with Crippen molar-refractivity contribution in [1.29, 1.82) is 0 Å². The number of methoxy groups -OCH3 is 1. The third-order valence-electron chi connectivity index (χ3n) is 3.64. The summed E-state index contributed by atoms with van der Waals surface area (Å²) in [5.74, 6) is -0.328. The van der Waals surface area contributed by atoms with Crippen molar-refractivity contribution in [3.05, 3.63) is 53.6 Å². The number of rotatable bonds is 2. The van der Waals surface area contributed by atoms with Crippen LogP contribution in [0.25, 0.3) is 0 Å². The first-order valence-corrected chi connectivity index (χ1v) is 6.80. The molecular formula is C16H15FN2O2. The van der Waals surface area contributed by atoms with Crippen molar-refractivity contribution in [2.24, 2.45) is 0 Å². The number of amides is 1. The number of aryl methyl sites for hydroxylation is 1. The van der Waals surface area contributed by atoms with Gasteiger partial charge in [0.15, 0.2) is 0 Å². The number of fused-ring (bicyclic) bond motifs is 1. The first kappa shape index (κ1) is 13.5.